The van der Waals surface area contributed by atoms with Gasteiger partial charge in [-0.3, -0.25) is 14.4 Å². The van der Waals surface area contributed by atoms with Crippen molar-refractivity contribution in [3.63, 3.8) is 0 Å². The van der Waals surface area contributed by atoms with Gasteiger partial charge in [-0.05, 0) is 56.4 Å². The number of hydrogen-bond donors (Lipinski definition) is 1. The van der Waals surface area contributed by atoms with Crippen molar-refractivity contribution < 1.29 is 33.7 Å². The number of amides is 2. The first-order valence-electron chi connectivity index (χ1n) is 13.1. The number of carbonyl (C=O) groups is 3. The van der Waals surface area contributed by atoms with Crippen LogP contribution >= 0.6 is 0 Å². The van der Waals surface area contributed by atoms with Crippen LogP contribution in [-0.2, 0) is 23.9 Å². The summed E-state index contributed by atoms with van der Waals surface area (Å²) in [7, 11) is 1.57. The molecule has 2 amide bonds. The summed E-state index contributed by atoms with van der Waals surface area (Å²) in [6.07, 6.45) is 2.69. The highest BCUT2D eigenvalue weighted by molar-refractivity contribution is 6.04. The first-order valence-corrected chi connectivity index (χ1v) is 13.1. The summed E-state index contributed by atoms with van der Waals surface area (Å²) < 4.78 is 17.1. The number of aliphatic hydroxyl groups is 1. The number of nitrogens with zero attached hydrogens (tertiary/aromatic N) is 2. The van der Waals surface area contributed by atoms with Gasteiger partial charge < -0.3 is 29.1 Å². The molecule has 6 atom stereocenters. The van der Waals surface area contributed by atoms with Gasteiger partial charge in [0.1, 0.15) is 17.4 Å². The summed E-state index contributed by atoms with van der Waals surface area (Å²) >= 11 is 0. The molecule has 1 N–H and O–H groups in total. The molecular weight excluding hydrogens is 476 g/mol. The maximum Gasteiger partial charge on any atom is 0.312 e. The minimum Gasteiger partial charge on any atom is -0.497 e. The highest BCUT2D eigenvalue weighted by atomic mass is 16.6. The highest BCUT2D eigenvalue weighted by Gasteiger charge is 2.75. The van der Waals surface area contributed by atoms with E-state index in [1.165, 1.54) is 4.90 Å². The number of esters is 1. The van der Waals surface area contributed by atoms with E-state index in [-0.39, 0.29) is 37.5 Å². The van der Waals surface area contributed by atoms with Crippen LogP contribution in [-0.4, -0.2) is 78.4 Å². The van der Waals surface area contributed by atoms with Crippen LogP contribution < -0.4 is 9.64 Å². The van der Waals surface area contributed by atoms with E-state index in [9.17, 15) is 19.5 Å². The Morgan fingerprint density at radius 1 is 1.32 bits per heavy atom. The van der Waals surface area contributed by atoms with Crippen LogP contribution in [0.5, 0.6) is 5.75 Å². The van der Waals surface area contributed by atoms with Crippen molar-refractivity contribution in [2.45, 2.75) is 63.8 Å². The van der Waals surface area contributed by atoms with Gasteiger partial charge >= 0.3 is 5.97 Å². The lowest BCUT2D eigenvalue weighted by atomic mass is 9.70. The number of likely N-dealkylation sites (tertiary alicyclic amines) is 1. The normalized spacial score (nSPS) is 28.8. The molecule has 3 aliphatic heterocycles. The predicted molar refractivity (Wildman–Crippen MR) is 137 cm³/mol. The molecule has 0 aliphatic carbocycles. The summed E-state index contributed by atoms with van der Waals surface area (Å²) in [5.74, 6) is -1.90. The van der Waals surface area contributed by atoms with Crippen LogP contribution in [0.25, 0.3) is 0 Å². The zero-order chi connectivity index (χ0) is 26.9. The third-order valence-corrected chi connectivity index (χ3v) is 7.84. The van der Waals surface area contributed by atoms with Crippen molar-refractivity contribution in [2.24, 2.45) is 17.8 Å². The first kappa shape index (κ1) is 27.1. The minimum absolute atomic E-state index is 0.169. The lowest BCUT2D eigenvalue weighted by Gasteiger charge is -2.39. The van der Waals surface area contributed by atoms with Crippen molar-refractivity contribution in [1.29, 1.82) is 0 Å². The molecule has 4 rings (SSSR count). The Morgan fingerprint density at radius 2 is 2.03 bits per heavy atom. The Balaban J connectivity index is 1.80. The smallest absolute Gasteiger partial charge is 0.312 e. The molecule has 37 heavy (non-hydrogen) atoms. The van der Waals surface area contributed by atoms with E-state index in [1.54, 1.807) is 49.3 Å². The Labute approximate surface area is 218 Å². The van der Waals surface area contributed by atoms with Gasteiger partial charge in [0.2, 0.25) is 5.91 Å². The molecule has 9 heteroatoms. The summed E-state index contributed by atoms with van der Waals surface area (Å²) in [6, 6.07) is 5.51. The van der Waals surface area contributed by atoms with Crippen molar-refractivity contribution in [1.82, 2.24) is 4.90 Å². The largest absolute Gasteiger partial charge is 0.497 e. The molecule has 2 unspecified atom stereocenters. The maximum atomic E-state index is 14.5. The fourth-order valence-corrected chi connectivity index (χ4v) is 6.45. The van der Waals surface area contributed by atoms with Gasteiger partial charge in [-0.1, -0.05) is 19.9 Å². The van der Waals surface area contributed by atoms with Gasteiger partial charge in [-0.2, -0.15) is 0 Å². The van der Waals surface area contributed by atoms with Gasteiger partial charge in [0, 0.05) is 12.2 Å². The molecule has 3 aliphatic rings. The second-order valence-corrected chi connectivity index (χ2v) is 10.5. The molecule has 3 heterocycles. The molecule has 0 aromatic heterocycles. The van der Waals surface area contributed by atoms with Gasteiger partial charge in [0.25, 0.3) is 5.91 Å². The zero-order valence-corrected chi connectivity index (χ0v) is 22.1. The van der Waals surface area contributed by atoms with Gasteiger partial charge in [0.05, 0.1) is 44.3 Å². The number of ether oxygens (including phenoxy) is 3. The van der Waals surface area contributed by atoms with E-state index in [0.717, 1.165) is 0 Å². The number of carbonyl (C=O) groups excluding carboxylic acids is 3. The standard InChI is InChI=1S/C28H38N2O7/c1-6-14-29(18-8-10-20(35-5)11-9-18)26(33)24-28-13-12-21(37-28)22(27(34)36-7-2)23(28)25(32)30(24)19(16-31)15-17(3)4/h6,8-11,17,19,21-24,31H,1,7,12-16H2,2-5H3/t19-,21-,22+,23+,24?,28?/m1/s1. The van der Waals surface area contributed by atoms with Gasteiger partial charge in [-0.15, -0.1) is 6.58 Å². The Hall–Kier alpha value is -2.91. The Kier molecular flexibility index (Phi) is 7.94. The second kappa shape index (κ2) is 10.8. The Morgan fingerprint density at radius 3 is 2.59 bits per heavy atom. The molecule has 1 spiro atoms. The van der Waals surface area contributed by atoms with Crippen LogP contribution in [0.4, 0.5) is 5.69 Å². The highest BCUT2D eigenvalue weighted by Crippen LogP contribution is 2.59. The number of hydrogen-bond acceptors (Lipinski definition) is 7. The second-order valence-electron chi connectivity index (χ2n) is 10.5. The number of fused-ring (bicyclic) bond motifs is 1. The van der Waals surface area contributed by atoms with E-state index in [4.69, 9.17) is 14.2 Å². The van der Waals surface area contributed by atoms with Crippen molar-refractivity contribution >= 4 is 23.5 Å². The molecule has 0 radical (unpaired) electrons. The summed E-state index contributed by atoms with van der Waals surface area (Å²) in [4.78, 5) is 44.6. The zero-order valence-electron chi connectivity index (χ0n) is 22.1. The molecule has 1 aromatic rings. The monoisotopic (exact) mass is 514 g/mol. The topological polar surface area (TPSA) is 106 Å². The number of rotatable bonds is 11. The van der Waals surface area contributed by atoms with Gasteiger partial charge in [0.15, 0.2) is 0 Å². The molecule has 9 nitrogen and oxygen atoms in total. The number of aliphatic hydroxyl groups excluding tert-OH is 1. The van der Waals surface area contributed by atoms with Crippen LogP contribution in [0.15, 0.2) is 36.9 Å². The quantitative estimate of drug-likeness (QED) is 0.357. The minimum atomic E-state index is -1.16. The van der Waals surface area contributed by atoms with Crippen molar-refractivity contribution in [2.75, 3.05) is 31.8 Å². The lowest BCUT2D eigenvalue weighted by Crippen LogP contribution is -2.59. The molecule has 1 aromatic carbocycles. The van der Waals surface area contributed by atoms with Crippen LogP contribution in [0, 0.1) is 17.8 Å². The van der Waals surface area contributed by atoms with E-state index in [2.05, 4.69) is 6.58 Å². The molecular formula is C28H38N2O7. The maximum absolute atomic E-state index is 14.5. The predicted octanol–water partition coefficient (Wildman–Crippen LogP) is 2.56. The third kappa shape index (κ3) is 4.52. The lowest BCUT2D eigenvalue weighted by molar-refractivity contribution is -0.155. The van der Waals surface area contributed by atoms with Crippen LogP contribution in [0.2, 0.25) is 0 Å². The number of benzene rings is 1. The SMILES string of the molecule is C=CCN(C(=O)C1N([C@@H](CO)CC(C)C)C(=O)[C@@H]2[C@@H](C(=O)OCC)[C@H]3CCC12O3)c1ccc(OC)cc1. The summed E-state index contributed by atoms with van der Waals surface area (Å²) in [5.41, 5.74) is -0.538. The molecule has 3 fully saturated rings. The average molecular weight is 515 g/mol. The number of methoxy groups -OCH3 is 1. The Bertz CT molecular complexity index is 1030. The third-order valence-electron chi connectivity index (χ3n) is 7.84. The first-order chi connectivity index (χ1) is 17.7. The van der Waals surface area contributed by atoms with E-state index in [1.807, 2.05) is 13.8 Å². The molecule has 0 saturated carbocycles. The van der Waals surface area contributed by atoms with Gasteiger partial charge in [-0.25, -0.2) is 0 Å². The van der Waals surface area contributed by atoms with Crippen LogP contribution in [0.1, 0.15) is 40.0 Å². The fourth-order valence-electron chi connectivity index (χ4n) is 6.45. The summed E-state index contributed by atoms with van der Waals surface area (Å²) in [6.45, 7) is 9.67. The van der Waals surface area contributed by atoms with Crippen LogP contribution in [0.3, 0.4) is 0 Å². The number of anilines is 1. The fraction of sp³-hybridized carbons (Fsp3) is 0.607. The van der Waals surface area contributed by atoms with E-state index in [0.29, 0.717) is 30.7 Å². The average Bonchev–Trinajstić information content (AvgIpc) is 3.53. The van der Waals surface area contributed by atoms with Crippen molar-refractivity contribution in [3.8, 4) is 5.75 Å². The van der Waals surface area contributed by atoms with E-state index >= 15 is 0 Å². The molecule has 3 saturated heterocycles. The van der Waals surface area contributed by atoms with E-state index < -0.39 is 41.6 Å². The molecule has 202 valence electrons. The summed E-state index contributed by atoms with van der Waals surface area (Å²) in [5, 5.41) is 10.4. The molecule has 2 bridgehead atoms. The van der Waals surface area contributed by atoms with Crippen molar-refractivity contribution in [3.05, 3.63) is 36.9 Å².